The molecular formula is C29H41F2N3O3. The van der Waals surface area contributed by atoms with Crippen LogP contribution in [0.3, 0.4) is 0 Å². The second-order valence-electron chi connectivity index (χ2n) is 10.6. The van der Waals surface area contributed by atoms with Gasteiger partial charge in [-0.25, -0.2) is 8.78 Å². The molecule has 0 heterocycles. The number of amides is 2. The van der Waals surface area contributed by atoms with E-state index in [2.05, 4.69) is 5.32 Å². The highest BCUT2D eigenvalue weighted by Gasteiger charge is 2.50. The number of nitrogens with two attached hydrogens (primary N) is 1. The van der Waals surface area contributed by atoms with Crippen LogP contribution >= 0.6 is 0 Å². The summed E-state index contributed by atoms with van der Waals surface area (Å²) in [6, 6.07) is 3.58. The second-order valence-corrected chi connectivity index (χ2v) is 10.6. The fourth-order valence-electron chi connectivity index (χ4n) is 5.67. The SMILES string of the molecule is CCCN(CCC)C(=O)C1([C@H](Cc2cc(F)cc(F)c2)[C@@H](O)CNC2CCC2)C=C(C)C=C(C(N)=O)C1. The molecule has 1 aromatic rings. The molecule has 4 N–H and O–H groups in total. The Morgan fingerprint density at radius 2 is 1.78 bits per heavy atom. The van der Waals surface area contributed by atoms with Gasteiger partial charge in [0.25, 0.3) is 0 Å². The Morgan fingerprint density at radius 3 is 2.30 bits per heavy atom. The summed E-state index contributed by atoms with van der Waals surface area (Å²) in [6.07, 6.45) is 7.21. The molecule has 0 saturated heterocycles. The Balaban J connectivity index is 2.12. The third-order valence-corrected chi connectivity index (χ3v) is 7.58. The first-order valence-electron chi connectivity index (χ1n) is 13.4. The van der Waals surface area contributed by atoms with E-state index < -0.39 is 35.0 Å². The van der Waals surface area contributed by atoms with Crippen molar-refractivity contribution in [2.75, 3.05) is 19.6 Å². The number of nitrogens with zero attached hydrogens (tertiary/aromatic N) is 1. The molecule has 6 nitrogen and oxygen atoms in total. The maximum atomic E-state index is 14.4. The molecule has 1 aromatic carbocycles. The van der Waals surface area contributed by atoms with E-state index >= 15 is 0 Å². The molecule has 2 aliphatic carbocycles. The molecule has 0 aliphatic heterocycles. The summed E-state index contributed by atoms with van der Waals surface area (Å²) in [6.45, 7) is 7.05. The molecule has 2 aliphatic rings. The molecule has 0 bridgehead atoms. The number of hydrogen-bond donors (Lipinski definition) is 3. The van der Waals surface area contributed by atoms with Crippen molar-refractivity contribution in [2.45, 2.75) is 77.9 Å². The fraction of sp³-hybridized carbons (Fsp3) is 0.586. The van der Waals surface area contributed by atoms with Crippen molar-refractivity contribution in [3.63, 3.8) is 0 Å². The standard InChI is InChI=1S/C29H41F2N3O3/c1-4-9-34(10-5-2)28(37)29(16-19(3)11-21(17-29)27(32)36)25(26(35)18-33-24-7-6-8-24)14-20-12-22(30)15-23(31)13-20/h11-13,15-16,24-26,33,35H,4-10,14,17-18H2,1-3H3,(H2,32,36)/t25-,26+,29?/m1/s1. The van der Waals surface area contributed by atoms with Gasteiger partial charge in [0.05, 0.1) is 11.5 Å². The number of hydrogen-bond acceptors (Lipinski definition) is 4. The number of nitrogens with one attached hydrogen (secondary N) is 1. The Kier molecular flexibility index (Phi) is 10.0. The van der Waals surface area contributed by atoms with Crippen molar-refractivity contribution >= 4 is 11.8 Å². The average molecular weight is 518 g/mol. The van der Waals surface area contributed by atoms with Crippen LogP contribution < -0.4 is 11.1 Å². The number of aliphatic hydroxyl groups excluding tert-OH is 1. The predicted molar refractivity (Wildman–Crippen MR) is 140 cm³/mol. The first-order valence-corrected chi connectivity index (χ1v) is 13.4. The summed E-state index contributed by atoms with van der Waals surface area (Å²) < 4.78 is 28.3. The summed E-state index contributed by atoms with van der Waals surface area (Å²) in [4.78, 5) is 28.5. The molecule has 8 heteroatoms. The number of rotatable bonds is 13. The van der Waals surface area contributed by atoms with E-state index in [1.807, 2.05) is 19.9 Å². The van der Waals surface area contributed by atoms with Crippen LogP contribution in [0.5, 0.6) is 0 Å². The van der Waals surface area contributed by atoms with E-state index in [0.29, 0.717) is 35.8 Å². The van der Waals surface area contributed by atoms with E-state index in [1.54, 1.807) is 17.9 Å². The minimum atomic E-state index is -1.31. The highest BCUT2D eigenvalue weighted by molar-refractivity contribution is 5.96. The van der Waals surface area contributed by atoms with E-state index in [0.717, 1.165) is 38.2 Å². The van der Waals surface area contributed by atoms with Crippen molar-refractivity contribution in [1.29, 1.82) is 0 Å². The van der Waals surface area contributed by atoms with Crippen LogP contribution in [0.2, 0.25) is 0 Å². The number of allylic oxidation sites excluding steroid dienone is 2. The monoisotopic (exact) mass is 517 g/mol. The van der Waals surface area contributed by atoms with Crippen LogP contribution in [0.15, 0.2) is 41.5 Å². The molecule has 1 unspecified atom stereocenters. The van der Waals surface area contributed by atoms with Crippen LogP contribution in [0.4, 0.5) is 8.78 Å². The maximum Gasteiger partial charge on any atom is 0.244 e. The van der Waals surface area contributed by atoms with Crippen molar-refractivity contribution in [1.82, 2.24) is 10.2 Å². The summed E-state index contributed by atoms with van der Waals surface area (Å²) in [5, 5.41) is 15.0. The Hall–Kier alpha value is -2.58. The van der Waals surface area contributed by atoms with Gasteiger partial charge < -0.3 is 21.1 Å². The fourth-order valence-corrected chi connectivity index (χ4v) is 5.67. The molecule has 1 fully saturated rings. The number of carbonyl (C=O) groups is 2. The van der Waals surface area contributed by atoms with Crippen LogP contribution in [0.25, 0.3) is 0 Å². The van der Waals surface area contributed by atoms with Gasteiger partial charge in [-0.3, -0.25) is 9.59 Å². The molecule has 2 amide bonds. The lowest BCUT2D eigenvalue weighted by Crippen LogP contribution is -2.55. The number of aliphatic hydroxyl groups is 1. The van der Waals surface area contributed by atoms with Crippen molar-refractivity contribution in [3.8, 4) is 0 Å². The Labute approximate surface area is 219 Å². The zero-order chi connectivity index (χ0) is 27.2. The second kappa shape index (κ2) is 12.8. The Morgan fingerprint density at radius 1 is 1.16 bits per heavy atom. The molecule has 0 radical (unpaired) electrons. The van der Waals surface area contributed by atoms with Crippen LogP contribution in [0.1, 0.15) is 64.9 Å². The lowest BCUT2D eigenvalue weighted by molar-refractivity contribution is -0.145. The van der Waals surface area contributed by atoms with Gasteiger partial charge in [0, 0.05) is 43.2 Å². The van der Waals surface area contributed by atoms with E-state index in [4.69, 9.17) is 5.73 Å². The van der Waals surface area contributed by atoms with Gasteiger partial charge in [0.15, 0.2) is 0 Å². The molecule has 37 heavy (non-hydrogen) atoms. The zero-order valence-corrected chi connectivity index (χ0v) is 22.2. The molecule has 204 valence electrons. The number of halogens is 2. The normalized spacial score (nSPS) is 21.5. The largest absolute Gasteiger partial charge is 0.391 e. The average Bonchev–Trinajstić information content (AvgIpc) is 2.79. The minimum Gasteiger partial charge on any atom is -0.391 e. The maximum absolute atomic E-state index is 14.4. The van der Waals surface area contributed by atoms with Gasteiger partial charge in [0.1, 0.15) is 11.6 Å². The summed E-state index contributed by atoms with van der Waals surface area (Å²) >= 11 is 0. The van der Waals surface area contributed by atoms with Gasteiger partial charge >= 0.3 is 0 Å². The van der Waals surface area contributed by atoms with Crippen molar-refractivity contribution in [2.24, 2.45) is 17.1 Å². The first-order chi connectivity index (χ1) is 17.6. The van der Waals surface area contributed by atoms with Gasteiger partial charge in [-0.1, -0.05) is 38.0 Å². The van der Waals surface area contributed by atoms with Crippen LogP contribution in [0, 0.1) is 23.0 Å². The van der Waals surface area contributed by atoms with Gasteiger partial charge in [-0.2, -0.15) is 0 Å². The molecule has 1 saturated carbocycles. The van der Waals surface area contributed by atoms with E-state index in [1.165, 1.54) is 12.1 Å². The highest BCUT2D eigenvalue weighted by Crippen LogP contribution is 2.46. The van der Waals surface area contributed by atoms with Crippen LogP contribution in [-0.4, -0.2) is 53.6 Å². The lowest BCUT2D eigenvalue weighted by atomic mass is 9.63. The molecule has 0 spiro atoms. The third kappa shape index (κ3) is 7.05. The quantitative estimate of drug-likeness (QED) is 0.368. The molecule has 3 atom stereocenters. The molecular weight excluding hydrogens is 476 g/mol. The first kappa shape index (κ1) is 29.0. The lowest BCUT2D eigenvalue weighted by Gasteiger charge is -2.45. The summed E-state index contributed by atoms with van der Waals surface area (Å²) in [5.74, 6) is -3.03. The van der Waals surface area contributed by atoms with Gasteiger partial charge in [-0.15, -0.1) is 0 Å². The van der Waals surface area contributed by atoms with E-state index in [9.17, 15) is 23.5 Å². The minimum absolute atomic E-state index is 0.0192. The highest BCUT2D eigenvalue weighted by atomic mass is 19.1. The smallest absolute Gasteiger partial charge is 0.244 e. The van der Waals surface area contributed by atoms with Crippen molar-refractivity contribution < 1.29 is 23.5 Å². The summed E-state index contributed by atoms with van der Waals surface area (Å²) in [5.41, 5.74) is 5.73. The van der Waals surface area contributed by atoms with Gasteiger partial charge in [-0.05, 0) is 63.1 Å². The Bertz CT molecular complexity index is 1010. The van der Waals surface area contributed by atoms with Crippen molar-refractivity contribution in [3.05, 3.63) is 58.7 Å². The zero-order valence-electron chi connectivity index (χ0n) is 22.2. The topological polar surface area (TPSA) is 95.7 Å². The third-order valence-electron chi connectivity index (χ3n) is 7.58. The van der Waals surface area contributed by atoms with Gasteiger partial charge in [0.2, 0.25) is 11.8 Å². The number of carbonyl (C=O) groups excluding carboxylic acids is 2. The van der Waals surface area contributed by atoms with E-state index in [-0.39, 0.29) is 25.3 Å². The number of benzene rings is 1. The summed E-state index contributed by atoms with van der Waals surface area (Å²) in [7, 11) is 0. The number of primary amides is 1. The van der Waals surface area contributed by atoms with Crippen LogP contribution in [-0.2, 0) is 16.0 Å². The molecule has 0 aromatic heterocycles. The predicted octanol–water partition coefficient (Wildman–Crippen LogP) is 4.02. The molecule has 3 rings (SSSR count).